The van der Waals surface area contributed by atoms with Gasteiger partial charge in [0.25, 0.3) is 0 Å². The average molecular weight is 492 g/mol. The highest BCUT2D eigenvalue weighted by Gasteiger charge is 2.22. The quantitative estimate of drug-likeness (QED) is 0.520. The number of aromatic nitrogens is 4. The maximum Gasteiger partial charge on any atom is 0.226 e. The van der Waals surface area contributed by atoms with Gasteiger partial charge in [-0.15, -0.1) is 0 Å². The topological polar surface area (TPSA) is 88.3 Å². The monoisotopic (exact) mass is 490 g/mol. The van der Waals surface area contributed by atoms with Gasteiger partial charge in [-0.2, -0.15) is 4.98 Å². The SMILES string of the molecule is O=C(CCCc1nc(-c2ccc(Cl)cc2)no1)N1CCN(c2ncc(Br)cn2)CC1. The van der Waals surface area contributed by atoms with Crippen molar-refractivity contribution in [3.63, 3.8) is 0 Å². The molecular weight excluding hydrogens is 472 g/mol. The molecule has 0 saturated carbocycles. The molecule has 0 atom stereocenters. The van der Waals surface area contributed by atoms with Gasteiger partial charge in [-0.25, -0.2) is 9.97 Å². The van der Waals surface area contributed by atoms with E-state index in [2.05, 4.69) is 40.9 Å². The second kappa shape index (κ2) is 9.53. The number of benzene rings is 1. The number of aryl methyl sites for hydroxylation is 1. The van der Waals surface area contributed by atoms with E-state index < -0.39 is 0 Å². The fourth-order valence-electron chi connectivity index (χ4n) is 3.25. The van der Waals surface area contributed by atoms with E-state index in [-0.39, 0.29) is 5.91 Å². The van der Waals surface area contributed by atoms with Crippen molar-refractivity contribution >= 4 is 39.4 Å². The lowest BCUT2D eigenvalue weighted by atomic mass is 10.2. The molecule has 3 heterocycles. The van der Waals surface area contributed by atoms with Crippen molar-refractivity contribution in [2.24, 2.45) is 0 Å². The molecule has 1 amide bonds. The van der Waals surface area contributed by atoms with E-state index in [1.54, 1.807) is 24.5 Å². The number of piperazine rings is 1. The van der Waals surface area contributed by atoms with Crippen LogP contribution in [0.5, 0.6) is 0 Å². The summed E-state index contributed by atoms with van der Waals surface area (Å²) in [6.45, 7) is 2.78. The van der Waals surface area contributed by atoms with Crippen molar-refractivity contribution in [1.29, 1.82) is 0 Å². The number of carbonyl (C=O) groups is 1. The number of hydrogen-bond donors (Lipinski definition) is 0. The Kier molecular flexibility index (Phi) is 6.59. The second-order valence-electron chi connectivity index (χ2n) is 6.94. The molecule has 156 valence electrons. The lowest BCUT2D eigenvalue weighted by Crippen LogP contribution is -2.49. The Labute approximate surface area is 187 Å². The van der Waals surface area contributed by atoms with Crippen molar-refractivity contribution in [2.75, 3.05) is 31.1 Å². The van der Waals surface area contributed by atoms with E-state index in [1.165, 1.54) is 0 Å². The van der Waals surface area contributed by atoms with Gasteiger partial charge in [0.2, 0.25) is 23.6 Å². The second-order valence-corrected chi connectivity index (χ2v) is 8.29. The summed E-state index contributed by atoms with van der Waals surface area (Å²) in [7, 11) is 0. The summed E-state index contributed by atoms with van der Waals surface area (Å²) in [5.74, 6) is 1.89. The van der Waals surface area contributed by atoms with Crippen LogP contribution in [0.3, 0.4) is 0 Å². The number of nitrogens with zero attached hydrogens (tertiary/aromatic N) is 6. The molecule has 1 fully saturated rings. The summed E-state index contributed by atoms with van der Waals surface area (Å²) < 4.78 is 6.15. The molecule has 10 heteroatoms. The summed E-state index contributed by atoms with van der Waals surface area (Å²) in [5, 5.41) is 4.66. The molecular formula is C20H20BrClN6O2. The third-order valence-electron chi connectivity index (χ3n) is 4.87. The van der Waals surface area contributed by atoms with E-state index in [9.17, 15) is 4.79 Å². The van der Waals surface area contributed by atoms with Crippen LogP contribution in [0.4, 0.5) is 5.95 Å². The summed E-state index contributed by atoms with van der Waals surface area (Å²) in [5.41, 5.74) is 0.845. The first-order chi connectivity index (χ1) is 14.6. The Morgan fingerprint density at radius 1 is 1.10 bits per heavy atom. The Balaban J connectivity index is 1.22. The van der Waals surface area contributed by atoms with Gasteiger partial charge in [-0.3, -0.25) is 4.79 Å². The van der Waals surface area contributed by atoms with Crippen LogP contribution in [0.2, 0.25) is 5.02 Å². The number of halogens is 2. The Hall–Kier alpha value is -2.52. The molecule has 0 N–H and O–H groups in total. The van der Waals surface area contributed by atoms with Crippen molar-refractivity contribution in [1.82, 2.24) is 25.0 Å². The molecule has 2 aromatic heterocycles. The number of hydrogen-bond acceptors (Lipinski definition) is 7. The maximum atomic E-state index is 12.5. The van der Waals surface area contributed by atoms with Gasteiger partial charge in [0.05, 0.1) is 4.47 Å². The predicted molar refractivity (Wildman–Crippen MR) is 116 cm³/mol. The summed E-state index contributed by atoms with van der Waals surface area (Å²) in [4.78, 5) is 29.5. The van der Waals surface area contributed by atoms with E-state index in [1.807, 2.05) is 17.0 Å². The fraction of sp³-hybridized carbons (Fsp3) is 0.350. The first kappa shape index (κ1) is 20.7. The first-order valence-electron chi connectivity index (χ1n) is 9.67. The summed E-state index contributed by atoms with van der Waals surface area (Å²) >= 11 is 9.24. The van der Waals surface area contributed by atoms with Crippen LogP contribution in [0.25, 0.3) is 11.4 Å². The van der Waals surface area contributed by atoms with Crippen LogP contribution in [0.15, 0.2) is 45.7 Å². The minimum Gasteiger partial charge on any atom is -0.339 e. The van der Waals surface area contributed by atoms with Gasteiger partial charge >= 0.3 is 0 Å². The van der Waals surface area contributed by atoms with Crippen LogP contribution in [-0.2, 0) is 11.2 Å². The third-order valence-corrected chi connectivity index (χ3v) is 5.54. The predicted octanol–water partition coefficient (Wildman–Crippen LogP) is 3.61. The molecule has 0 unspecified atom stereocenters. The zero-order chi connectivity index (χ0) is 20.9. The third kappa shape index (κ3) is 5.14. The minimum absolute atomic E-state index is 0.142. The van der Waals surface area contributed by atoms with Crippen LogP contribution in [0, 0.1) is 0 Å². The molecule has 1 aromatic carbocycles. The van der Waals surface area contributed by atoms with Gasteiger partial charge in [0.15, 0.2) is 0 Å². The molecule has 1 aliphatic heterocycles. The molecule has 0 radical (unpaired) electrons. The van der Waals surface area contributed by atoms with Crippen molar-refractivity contribution in [3.05, 3.63) is 52.0 Å². The zero-order valence-corrected chi connectivity index (χ0v) is 18.5. The number of amides is 1. The van der Waals surface area contributed by atoms with E-state index >= 15 is 0 Å². The molecule has 1 saturated heterocycles. The average Bonchev–Trinajstić information content (AvgIpc) is 3.24. The summed E-state index contributed by atoms with van der Waals surface area (Å²) in [6, 6.07) is 7.27. The van der Waals surface area contributed by atoms with Crippen LogP contribution >= 0.6 is 27.5 Å². The Bertz CT molecular complexity index is 987. The van der Waals surface area contributed by atoms with Gasteiger partial charge in [-0.1, -0.05) is 16.8 Å². The molecule has 8 nitrogen and oxygen atoms in total. The standard InChI is InChI=1S/C20H20BrClN6O2/c21-15-12-23-20(24-13-15)28-10-8-27(9-11-28)18(29)3-1-2-17-25-19(26-30-17)14-4-6-16(22)7-5-14/h4-7,12-13H,1-3,8-11H2. The Morgan fingerprint density at radius 3 is 2.50 bits per heavy atom. The maximum absolute atomic E-state index is 12.5. The molecule has 0 bridgehead atoms. The van der Waals surface area contributed by atoms with Gasteiger partial charge in [0.1, 0.15) is 0 Å². The highest BCUT2D eigenvalue weighted by Crippen LogP contribution is 2.19. The highest BCUT2D eigenvalue weighted by atomic mass is 79.9. The van der Waals surface area contributed by atoms with Crippen molar-refractivity contribution < 1.29 is 9.32 Å². The molecule has 30 heavy (non-hydrogen) atoms. The fourth-order valence-corrected chi connectivity index (χ4v) is 3.58. The van der Waals surface area contributed by atoms with E-state index in [4.69, 9.17) is 16.1 Å². The zero-order valence-electron chi connectivity index (χ0n) is 16.2. The van der Waals surface area contributed by atoms with E-state index in [0.29, 0.717) is 55.0 Å². The van der Waals surface area contributed by atoms with Crippen LogP contribution in [0.1, 0.15) is 18.7 Å². The van der Waals surface area contributed by atoms with Crippen LogP contribution < -0.4 is 4.90 Å². The molecule has 0 spiro atoms. The van der Waals surface area contributed by atoms with Crippen molar-refractivity contribution in [3.8, 4) is 11.4 Å². The summed E-state index contributed by atoms with van der Waals surface area (Å²) in [6.07, 6.45) is 5.15. The molecule has 0 aliphatic carbocycles. The molecule has 4 rings (SSSR count). The first-order valence-corrected chi connectivity index (χ1v) is 10.8. The number of carbonyl (C=O) groups excluding carboxylic acids is 1. The van der Waals surface area contributed by atoms with Crippen molar-refractivity contribution in [2.45, 2.75) is 19.3 Å². The molecule has 1 aliphatic rings. The van der Waals surface area contributed by atoms with Gasteiger partial charge in [0, 0.05) is 62.0 Å². The lowest BCUT2D eigenvalue weighted by molar-refractivity contribution is -0.131. The van der Waals surface area contributed by atoms with Gasteiger partial charge in [-0.05, 0) is 46.6 Å². The molecule has 3 aromatic rings. The highest BCUT2D eigenvalue weighted by molar-refractivity contribution is 9.10. The Morgan fingerprint density at radius 2 is 1.80 bits per heavy atom. The number of rotatable bonds is 6. The minimum atomic E-state index is 0.142. The normalized spacial score (nSPS) is 14.2. The largest absolute Gasteiger partial charge is 0.339 e. The number of anilines is 1. The van der Waals surface area contributed by atoms with Gasteiger partial charge < -0.3 is 14.3 Å². The lowest BCUT2D eigenvalue weighted by Gasteiger charge is -2.34. The van der Waals surface area contributed by atoms with Crippen LogP contribution in [-0.4, -0.2) is 57.1 Å². The van der Waals surface area contributed by atoms with E-state index in [0.717, 1.165) is 23.1 Å². The smallest absolute Gasteiger partial charge is 0.226 e.